The molecule has 0 unspecified atom stereocenters. The summed E-state index contributed by atoms with van der Waals surface area (Å²) >= 11 is 0. The molecule has 0 amide bonds. The zero-order chi connectivity index (χ0) is 19.2. The van der Waals surface area contributed by atoms with E-state index in [4.69, 9.17) is 5.11 Å². The van der Waals surface area contributed by atoms with Crippen LogP contribution in [0.5, 0.6) is 0 Å². The van der Waals surface area contributed by atoms with E-state index in [0.717, 1.165) is 0 Å². The number of aliphatic hydroxyl groups is 1. The molecule has 0 saturated carbocycles. The SMILES string of the molecule is CCCCCCCCCCCCCCCC.C[N+](C)(C#P=O)CCO. The molecule has 0 aliphatic carbocycles. The van der Waals surface area contributed by atoms with Crippen LogP contribution in [0.4, 0.5) is 0 Å². The predicted molar refractivity (Wildman–Crippen MR) is 112 cm³/mol. The summed E-state index contributed by atoms with van der Waals surface area (Å²) in [7, 11) is 3.54. The van der Waals surface area contributed by atoms with Crippen molar-refractivity contribution in [1.82, 2.24) is 0 Å². The quantitative estimate of drug-likeness (QED) is 0.195. The standard InChI is InChI=1S/C16H34.C5H11NO2P/c1-3-5-7-9-11-13-15-16-14-12-10-8-6-4-2;1-6(2,3-4-7)5-9-8/h3-16H2,1-2H3;7H,3-4H2,1-2H3/q;+1. The first-order valence-electron chi connectivity index (χ1n) is 10.6. The first-order valence-corrected chi connectivity index (χ1v) is 11.4. The van der Waals surface area contributed by atoms with E-state index >= 15 is 0 Å². The molecule has 0 atom stereocenters. The fourth-order valence-electron chi connectivity index (χ4n) is 2.68. The van der Waals surface area contributed by atoms with Gasteiger partial charge in [0.2, 0.25) is 0 Å². The second-order valence-electron chi connectivity index (χ2n) is 7.57. The van der Waals surface area contributed by atoms with Crippen molar-refractivity contribution in [3.63, 3.8) is 0 Å². The minimum absolute atomic E-state index is 0.0928. The summed E-state index contributed by atoms with van der Waals surface area (Å²) in [4.78, 5) is 0. The van der Waals surface area contributed by atoms with E-state index in [2.05, 4.69) is 19.6 Å². The molecule has 0 saturated heterocycles. The van der Waals surface area contributed by atoms with Crippen LogP contribution in [0, 0.1) is 5.75 Å². The van der Waals surface area contributed by atoms with Gasteiger partial charge in [-0.3, -0.25) is 0 Å². The van der Waals surface area contributed by atoms with Gasteiger partial charge in [0.25, 0.3) is 0 Å². The second kappa shape index (κ2) is 22.0. The van der Waals surface area contributed by atoms with Crippen LogP contribution in [0.3, 0.4) is 0 Å². The van der Waals surface area contributed by atoms with Crippen molar-refractivity contribution < 1.29 is 14.2 Å². The van der Waals surface area contributed by atoms with Gasteiger partial charge in [0.1, 0.15) is 0 Å². The molecule has 1 N–H and O–H groups in total. The van der Waals surface area contributed by atoms with E-state index in [9.17, 15) is 4.57 Å². The van der Waals surface area contributed by atoms with Gasteiger partial charge in [-0.2, -0.15) is 0 Å². The van der Waals surface area contributed by atoms with Crippen LogP contribution in [0.15, 0.2) is 0 Å². The van der Waals surface area contributed by atoms with Crippen molar-refractivity contribution in [3.05, 3.63) is 0 Å². The van der Waals surface area contributed by atoms with Gasteiger partial charge in [-0.05, 0) is 0 Å². The molecule has 0 aliphatic rings. The van der Waals surface area contributed by atoms with E-state index in [1.165, 1.54) is 89.9 Å². The Balaban J connectivity index is 0. The predicted octanol–water partition coefficient (Wildman–Crippen LogP) is 6.75. The summed E-state index contributed by atoms with van der Waals surface area (Å²) < 4.78 is 10.3. The third-order valence-electron chi connectivity index (χ3n) is 4.43. The number of nitrogens with zero attached hydrogens (tertiary/aromatic N) is 1. The first-order chi connectivity index (χ1) is 12.0. The van der Waals surface area contributed by atoms with Gasteiger partial charge < -0.3 is 0 Å². The Morgan fingerprint density at radius 3 is 1.28 bits per heavy atom. The van der Waals surface area contributed by atoms with Crippen molar-refractivity contribution in [2.24, 2.45) is 0 Å². The first kappa shape index (κ1) is 27.2. The van der Waals surface area contributed by atoms with E-state index in [0.29, 0.717) is 11.0 Å². The Hall–Kier alpha value is -0.0700. The molecule has 0 bridgehead atoms. The number of hydrogen-bond acceptors (Lipinski definition) is 2. The van der Waals surface area contributed by atoms with Crippen LogP contribution in [0.25, 0.3) is 0 Å². The molecule has 0 spiro atoms. The van der Waals surface area contributed by atoms with Crippen molar-refractivity contribution in [3.8, 4) is 5.75 Å². The van der Waals surface area contributed by atoms with E-state index in [-0.39, 0.29) is 14.5 Å². The van der Waals surface area contributed by atoms with Gasteiger partial charge in [0.05, 0.1) is 0 Å². The monoisotopic (exact) mass is 374 g/mol. The Kier molecular flexibility index (Phi) is 23.9. The molecule has 25 heavy (non-hydrogen) atoms. The molecule has 0 aromatic carbocycles. The summed E-state index contributed by atoms with van der Waals surface area (Å²) in [6, 6.07) is 0. The molecule has 150 valence electrons. The van der Waals surface area contributed by atoms with Crippen LogP contribution in [-0.4, -0.2) is 36.8 Å². The fraction of sp³-hybridized carbons (Fsp3) is 0.952. The van der Waals surface area contributed by atoms with Gasteiger partial charge in [0.15, 0.2) is 0 Å². The van der Waals surface area contributed by atoms with Gasteiger partial charge in [-0.1, -0.05) is 104 Å². The van der Waals surface area contributed by atoms with Crippen molar-refractivity contribution >= 4 is 7.92 Å². The van der Waals surface area contributed by atoms with E-state index < -0.39 is 0 Å². The number of quaternary nitrogens is 1. The van der Waals surface area contributed by atoms with Crippen molar-refractivity contribution in [2.75, 3.05) is 27.2 Å². The van der Waals surface area contributed by atoms with E-state index in [1.54, 1.807) is 0 Å². The number of unbranched alkanes of at least 4 members (excludes halogenated alkanes) is 13. The molecule has 0 aromatic rings. The summed E-state index contributed by atoms with van der Waals surface area (Å²) in [5.74, 6) is 2.62. The molecule has 0 aliphatic heterocycles. The third kappa shape index (κ3) is 26.3. The topological polar surface area (TPSA) is 37.3 Å². The maximum atomic E-state index is 9.98. The van der Waals surface area contributed by atoms with Gasteiger partial charge in [-0.15, -0.1) is 0 Å². The van der Waals surface area contributed by atoms with Crippen LogP contribution < -0.4 is 0 Å². The van der Waals surface area contributed by atoms with Crippen LogP contribution in [-0.2, 0) is 4.57 Å². The van der Waals surface area contributed by atoms with Crippen molar-refractivity contribution in [2.45, 2.75) is 104 Å². The van der Waals surface area contributed by atoms with Gasteiger partial charge >= 0.3 is 55.1 Å². The minimum atomic E-state index is -0.105. The fourth-order valence-corrected chi connectivity index (χ4v) is 3.00. The third-order valence-corrected chi connectivity index (χ3v) is 5.05. The Morgan fingerprint density at radius 1 is 0.720 bits per heavy atom. The number of rotatable bonds is 15. The molecular formula is C21H45NO2P+. The summed E-state index contributed by atoms with van der Waals surface area (Å²) in [5, 5.41) is 8.47. The summed E-state index contributed by atoms with van der Waals surface area (Å²) in [5.41, 5.74) is 0. The Labute approximate surface area is 159 Å². The molecule has 3 nitrogen and oxygen atoms in total. The number of hydrogen-bond donors (Lipinski definition) is 1. The molecular weight excluding hydrogens is 329 g/mol. The zero-order valence-corrected chi connectivity index (χ0v) is 18.5. The van der Waals surface area contributed by atoms with Crippen LogP contribution >= 0.6 is 7.92 Å². The maximum absolute atomic E-state index is 9.98. The average molecular weight is 375 g/mol. The molecule has 4 heteroatoms. The molecule has 0 rings (SSSR count). The molecule has 0 fully saturated rings. The van der Waals surface area contributed by atoms with Crippen LogP contribution in [0.2, 0.25) is 0 Å². The number of aliphatic hydroxyl groups excluding tert-OH is 1. The summed E-state index contributed by atoms with van der Waals surface area (Å²) in [6.45, 7) is 5.22. The Bertz CT molecular complexity index is 338. The molecule has 0 heterocycles. The van der Waals surface area contributed by atoms with Gasteiger partial charge in [-0.25, -0.2) is 0 Å². The summed E-state index contributed by atoms with van der Waals surface area (Å²) in [6.07, 6.45) is 20.4. The normalized spacial score (nSPS) is 10.8. The molecule has 0 aromatic heterocycles. The van der Waals surface area contributed by atoms with Crippen molar-refractivity contribution in [1.29, 1.82) is 0 Å². The number of likely N-dealkylation sites (N-methyl/N-ethyl adjacent to an activating group) is 1. The average Bonchev–Trinajstić information content (AvgIpc) is 2.56. The van der Waals surface area contributed by atoms with Gasteiger partial charge in [0, 0.05) is 0 Å². The second-order valence-corrected chi connectivity index (χ2v) is 7.95. The van der Waals surface area contributed by atoms with E-state index in [1.807, 2.05) is 14.1 Å². The van der Waals surface area contributed by atoms with Crippen LogP contribution in [0.1, 0.15) is 104 Å². The Morgan fingerprint density at radius 2 is 1.04 bits per heavy atom. The molecule has 0 radical (unpaired) electrons. The zero-order valence-electron chi connectivity index (χ0n) is 17.6.